The minimum absolute atomic E-state index is 0.352. The highest BCUT2D eigenvalue weighted by Gasteiger charge is 2.12. The fraction of sp³-hybridized carbons (Fsp3) is 0.471. The van der Waals surface area contributed by atoms with Crippen LogP contribution in [0, 0.1) is 0 Å². The average Bonchev–Trinajstić information content (AvgIpc) is 3.07. The summed E-state index contributed by atoms with van der Waals surface area (Å²) in [6.45, 7) is 4.36. The third-order valence-corrected chi connectivity index (χ3v) is 5.02. The quantitative estimate of drug-likeness (QED) is 0.325. The third kappa shape index (κ3) is 8.88. The molecule has 0 aliphatic carbocycles. The molecule has 0 saturated carbocycles. The zero-order valence-corrected chi connectivity index (χ0v) is 17.7. The van der Waals surface area contributed by atoms with Crippen molar-refractivity contribution in [3.8, 4) is 5.75 Å². The number of rotatable bonds is 9. The Balaban J connectivity index is 0.00000146. The first kappa shape index (κ1) is 24.7. The average molecular weight is 419 g/mol. The van der Waals surface area contributed by atoms with Gasteiger partial charge in [0.1, 0.15) is 23.1 Å². The van der Waals surface area contributed by atoms with Crippen molar-refractivity contribution in [2.45, 2.75) is 32.1 Å². The summed E-state index contributed by atoms with van der Waals surface area (Å²) < 4.78 is 6.46. The molecular weight excluding hydrogens is 392 g/mol. The summed E-state index contributed by atoms with van der Waals surface area (Å²) in [4.78, 5) is 25.4. The summed E-state index contributed by atoms with van der Waals surface area (Å²) in [7, 11) is 0. The van der Waals surface area contributed by atoms with E-state index in [1.165, 1.54) is 11.8 Å². The highest BCUT2D eigenvalue weighted by molar-refractivity contribution is 7.98. The molecule has 2 rings (SSSR count). The number of thiazole rings is 1. The molecule has 0 bridgehead atoms. The number of ether oxygens (including phenoxy) is 1. The molecule has 6 nitrogen and oxygen atoms in total. The zero-order chi connectivity index (χ0) is 19.9. The normalized spacial score (nSPS) is 10.8. The maximum absolute atomic E-state index is 10.6. The van der Waals surface area contributed by atoms with E-state index in [-0.39, 0.29) is 0 Å². The Morgan fingerprint density at radius 2 is 2.15 bits per heavy atom. The SMILES string of the molecule is CC.CS.NC(CSCc1nc2ccc(OCCC=O)cc2s1)C(=O)O. The number of benzene rings is 1. The van der Waals surface area contributed by atoms with E-state index in [1.807, 2.05) is 32.0 Å². The van der Waals surface area contributed by atoms with Crippen molar-refractivity contribution >= 4 is 58.2 Å². The number of carboxylic acid groups (broad SMARTS) is 1. The van der Waals surface area contributed by atoms with Gasteiger partial charge in [0, 0.05) is 17.9 Å². The lowest BCUT2D eigenvalue weighted by molar-refractivity contribution is -0.137. The maximum atomic E-state index is 10.6. The van der Waals surface area contributed by atoms with Crippen LogP contribution in [-0.4, -0.2) is 47.0 Å². The molecule has 1 heterocycles. The van der Waals surface area contributed by atoms with Crippen LogP contribution in [-0.2, 0) is 15.3 Å². The molecule has 0 amide bonds. The molecule has 0 radical (unpaired) electrons. The van der Waals surface area contributed by atoms with Gasteiger partial charge in [-0.15, -0.1) is 11.3 Å². The second-order valence-electron chi connectivity index (χ2n) is 4.50. The number of thioether (sulfide) groups is 1. The minimum Gasteiger partial charge on any atom is -0.493 e. The van der Waals surface area contributed by atoms with Crippen LogP contribution in [0.15, 0.2) is 18.2 Å². The standard InChI is InChI=1S/C14H16N2O4S2.C2H6.CH4S/c15-10(14(18)19)7-21-8-13-16-11-3-2-9(6-12(11)22-13)20-5-1-4-17;2*1-2/h2-4,6,10H,1,5,7-8,15H2,(H,18,19);1-2H3;2H,1H3. The van der Waals surface area contributed by atoms with Gasteiger partial charge in [-0.25, -0.2) is 4.98 Å². The number of aliphatic carboxylic acids is 1. The lowest BCUT2D eigenvalue weighted by Crippen LogP contribution is -2.32. The van der Waals surface area contributed by atoms with Crippen molar-refractivity contribution in [2.75, 3.05) is 18.6 Å². The molecule has 0 fully saturated rings. The summed E-state index contributed by atoms with van der Waals surface area (Å²) >= 11 is 6.52. The molecule has 26 heavy (non-hydrogen) atoms. The Morgan fingerprint density at radius 1 is 1.46 bits per heavy atom. The molecular formula is C17H26N2O4S3. The largest absolute Gasteiger partial charge is 0.493 e. The van der Waals surface area contributed by atoms with Gasteiger partial charge in [-0.05, 0) is 24.5 Å². The van der Waals surface area contributed by atoms with Gasteiger partial charge in [0.05, 0.1) is 16.8 Å². The Hall–Kier alpha value is -1.29. The van der Waals surface area contributed by atoms with Crippen LogP contribution in [0.25, 0.3) is 10.2 Å². The van der Waals surface area contributed by atoms with E-state index in [9.17, 15) is 9.59 Å². The number of carbonyl (C=O) groups excluding carboxylic acids is 1. The van der Waals surface area contributed by atoms with Crippen LogP contribution in [0.2, 0.25) is 0 Å². The molecule has 3 N–H and O–H groups in total. The number of aromatic nitrogens is 1. The van der Waals surface area contributed by atoms with Crippen molar-refractivity contribution in [1.82, 2.24) is 4.98 Å². The zero-order valence-electron chi connectivity index (χ0n) is 15.2. The van der Waals surface area contributed by atoms with Gasteiger partial charge in [-0.2, -0.15) is 24.4 Å². The smallest absolute Gasteiger partial charge is 0.321 e. The molecule has 2 aromatic rings. The van der Waals surface area contributed by atoms with Gasteiger partial charge in [-0.1, -0.05) is 13.8 Å². The molecule has 0 aliphatic heterocycles. The molecule has 0 aliphatic rings. The number of aldehydes is 1. The molecule has 1 aromatic carbocycles. The van der Waals surface area contributed by atoms with E-state index in [4.69, 9.17) is 15.6 Å². The van der Waals surface area contributed by atoms with Crippen molar-refractivity contribution in [3.05, 3.63) is 23.2 Å². The third-order valence-electron chi connectivity index (χ3n) is 2.75. The van der Waals surface area contributed by atoms with E-state index in [1.54, 1.807) is 17.6 Å². The van der Waals surface area contributed by atoms with Crippen molar-refractivity contribution in [3.63, 3.8) is 0 Å². The summed E-state index contributed by atoms with van der Waals surface area (Å²) in [5.74, 6) is 0.700. The van der Waals surface area contributed by atoms with Gasteiger partial charge in [0.15, 0.2) is 0 Å². The Bertz CT molecular complexity index is 664. The van der Waals surface area contributed by atoms with Crippen LogP contribution in [0.5, 0.6) is 5.75 Å². The van der Waals surface area contributed by atoms with E-state index < -0.39 is 12.0 Å². The Labute approximate surface area is 167 Å². The van der Waals surface area contributed by atoms with E-state index in [2.05, 4.69) is 17.6 Å². The second kappa shape index (κ2) is 14.8. The van der Waals surface area contributed by atoms with Gasteiger partial charge in [0.2, 0.25) is 0 Å². The van der Waals surface area contributed by atoms with Crippen LogP contribution < -0.4 is 10.5 Å². The number of nitrogens with two attached hydrogens (primary N) is 1. The van der Waals surface area contributed by atoms with Crippen molar-refractivity contribution in [1.29, 1.82) is 0 Å². The van der Waals surface area contributed by atoms with Crippen LogP contribution in [0.4, 0.5) is 0 Å². The van der Waals surface area contributed by atoms with Crippen LogP contribution >= 0.6 is 35.7 Å². The van der Waals surface area contributed by atoms with Gasteiger partial charge in [-0.3, -0.25) is 4.79 Å². The summed E-state index contributed by atoms with van der Waals surface area (Å²) in [6.07, 6.45) is 2.88. The highest BCUT2D eigenvalue weighted by atomic mass is 32.2. The number of thiol groups is 1. The van der Waals surface area contributed by atoms with Gasteiger partial charge >= 0.3 is 5.97 Å². The topological polar surface area (TPSA) is 103 Å². The van der Waals surface area contributed by atoms with Gasteiger partial charge in [0.25, 0.3) is 0 Å². The predicted octanol–water partition coefficient (Wildman–Crippen LogP) is 3.48. The molecule has 0 saturated heterocycles. The predicted molar refractivity (Wildman–Crippen MR) is 114 cm³/mol. The Kier molecular flexibility index (Phi) is 14.1. The molecule has 146 valence electrons. The number of carboxylic acids is 1. The molecule has 9 heteroatoms. The molecule has 1 atom stereocenters. The molecule has 0 spiro atoms. The first-order chi connectivity index (χ1) is 12.6. The van der Waals surface area contributed by atoms with Crippen molar-refractivity contribution in [2.24, 2.45) is 5.73 Å². The monoisotopic (exact) mass is 418 g/mol. The number of nitrogens with zero attached hydrogens (tertiary/aromatic N) is 1. The summed E-state index contributed by atoms with van der Waals surface area (Å²) in [5.41, 5.74) is 6.34. The van der Waals surface area contributed by atoms with Crippen molar-refractivity contribution < 1.29 is 19.4 Å². The fourth-order valence-corrected chi connectivity index (χ4v) is 3.70. The lowest BCUT2D eigenvalue weighted by atomic mass is 10.3. The Morgan fingerprint density at radius 3 is 2.77 bits per heavy atom. The van der Waals surface area contributed by atoms with E-state index in [0.29, 0.717) is 30.3 Å². The minimum atomic E-state index is -0.992. The summed E-state index contributed by atoms with van der Waals surface area (Å²) in [5, 5.41) is 9.64. The van der Waals surface area contributed by atoms with Gasteiger partial charge < -0.3 is 20.4 Å². The maximum Gasteiger partial charge on any atom is 0.321 e. The van der Waals surface area contributed by atoms with Crippen LogP contribution in [0.1, 0.15) is 25.3 Å². The van der Waals surface area contributed by atoms with E-state index in [0.717, 1.165) is 21.5 Å². The summed E-state index contributed by atoms with van der Waals surface area (Å²) in [6, 6.07) is 4.75. The fourth-order valence-electron chi connectivity index (χ4n) is 1.67. The number of hydrogen-bond acceptors (Lipinski definition) is 8. The molecule has 1 aromatic heterocycles. The first-order valence-electron chi connectivity index (χ1n) is 8.07. The number of hydrogen-bond donors (Lipinski definition) is 3. The highest BCUT2D eigenvalue weighted by Crippen LogP contribution is 2.28. The second-order valence-corrected chi connectivity index (χ2v) is 6.65. The lowest BCUT2D eigenvalue weighted by Gasteiger charge is -2.03. The number of fused-ring (bicyclic) bond motifs is 1. The number of carbonyl (C=O) groups is 2. The first-order valence-corrected chi connectivity index (χ1v) is 10.9. The van der Waals surface area contributed by atoms with E-state index >= 15 is 0 Å². The molecule has 1 unspecified atom stereocenters. The van der Waals surface area contributed by atoms with Crippen LogP contribution in [0.3, 0.4) is 0 Å².